The van der Waals surface area contributed by atoms with E-state index in [-0.39, 0.29) is 11.9 Å². The van der Waals surface area contributed by atoms with E-state index in [1.54, 1.807) is 0 Å². The lowest BCUT2D eigenvalue weighted by Crippen LogP contribution is -2.27. The molecule has 112 valence electrons. The average molecular weight is 287 g/mol. The number of rotatable bonds is 5. The number of nitrogens with two attached hydrogens (primary N) is 2. The van der Waals surface area contributed by atoms with Gasteiger partial charge in [0.25, 0.3) is 0 Å². The standard InChI is InChI=1S/C14H21N7/c1-9(20(2)3)8-12(15)10-4-6-11(7-5-10)21-14(17)18-13(16)19-21/h4-7,9,15H,8H2,1-3H3,(H4,16,17,18,19)/t9-/m0/s1. The molecule has 0 spiro atoms. The number of hydrogen-bond donors (Lipinski definition) is 3. The third-order valence-electron chi connectivity index (χ3n) is 3.49. The van der Waals surface area contributed by atoms with Gasteiger partial charge in [0.1, 0.15) is 0 Å². The summed E-state index contributed by atoms with van der Waals surface area (Å²) in [5, 5.41) is 12.2. The van der Waals surface area contributed by atoms with Gasteiger partial charge in [-0.3, -0.25) is 0 Å². The number of benzene rings is 1. The summed E-state index contributed by atoms with van der Waals surface area (Å²) in [7, 11) is 4.03. The van der Waals surface area contributed by atoms with E-state index < -0.39 is 0 Å². The van der Waals surface area contributed by atoms with Crippen LogP contribution in [-0.4, -0.2) is 45.5 Å². The van der Waals surface area contributed by atoms with Gasteiger partial charge in [0.2, 0.25) is 11.9 Å². The second-order valence-electron chi connectivity index (χ2n) is 5.28. The van der Waals surface area contributed by atoms with Crippen molar-refractivity contribution in [1.82, 2.24) is 19.7 Å². The van der Waals surface area contributed by atoms with E-state index in [4.69, 9.17) is 16.9 Å². The van der Waals surface area contributed by atoms with Crippen molar-refractivity contribution >= 4 is 17.6 Å². The Labute approximate surface area is 124 Å². The molecule has 0 aliphatic carbocycles. The van der Waals surface area contributed by atoms with E-state index in [0.29, 0.717) is 18.2 Å². The Kier molecular flexibility index (Phi) is 4.23. The van der Waals surface area contributed by atoms with Gasteiger partial charge < -0.3 is 21.8 Å². The third kappa shape index (κ3) is 3.38. The Morgan fingerprint density at radius 2 is 1.90 bits per heavy atom. The lowest BCUT2D eigenvalue weighted by atomic mass is 10.0. The highest BCUT2D eigenvalue weighted by molar-refractivity contribution is 5.98. The molecular formula is C14H21N7. The molecule has 0 saturated heterocycles. The molecule has 7 nitrogen and oxygen atoms in total. The van der Waals surface area contributed by atoms with E-state index in [1.807, 2.05) is 38.4 Å². The Bertz CT molecular complexity index is 627. The Hall–Kier alpha value is -2.41. The molecule has 1 aromatic carbocycles. The number of nitrogens with one attached hydrogen (secondary N) is 1. The lowest BCUT2D eigenvalue weighted by molar-refractivity contribution is 0.321. The van der Waals surface area contributed by atoms with Crippen LogP contribution in [0.15, 0.2) is 24.3 Å². The van der Waals surface area contributed by atoms with Crippen LogP contribution in [0, 0.1) is 5.41 Å². The summed E-state index contributed by atoms with van der Waals surface area (Å²) in [6.07, 6.45) is 0.699. The van der Waals surface area contributed by atoms with Gasteiger partial charge in [0, 0.05) is 18.2 Å². The van der Waals surface area contributed by atoms with Gasteiger partial charge in [-0.1, -0.05) is 12.1 Å². The fourth-order valence-electron chi connectivity index (χ4n) is 1.93. The minimum absolute atomic E-state index is 0.143. The molecule has 0 amide bonds. The quantitative estimate of drug-likeness (QED) is 0.714. The first-order valence-electron chi connectivity index (χ1n) is 6.71. The van der Waals surface area contributed by atoms with Crippen LogP contribution in [0.4, 0.5) is 11.9 Å². The molecule has 0 saturated carbocycles. The van der Waals surface area contributed by atoms with Gasteiger partial charge >= 0.3 is 0 Å². The van der Waals surface area contributed by atoms with E-state index >= 15 is 0 Å². The molecule has 0 fully saturated rings. The van der Waals surface area contributed by atoms with Crippen LogP contribution >= 0.6 is 0 Å². The highest BCUT2D eigenvalue weighted by Crippen LogP contribution is 2.15. The first-order chi connectivity index (χ1) is 9.88. The van der Waals surface area contributed by atoms with Crippen molar-refractivity contribution in [2.24, 2.45) is 0 Å². The molecule has 1 atom stereocenters. The molecule has 5 N–H and O–H groups in total. The molecule has 0 bridgehead atoms. The molecule has 0 aliphatic rings. The van der Waals surface area contributed by atoms with Gasteiger partial charge in [0.05, 0.1) is 5.69 Å². The van der Waals surface area contributed by atoms with Crippen molar-refractivity contribution in [3.63, 3.8) is 0 Å². The van der Waals surface area contributed by atoms with Crippen LogP contribution in [0.25, 0.3) is 5.69 Å². The SMILES string of the molecule is C[C@@H](CC(=N)c1ccc(-n2nc(N)nc2N)cc1)N(C)C. The third-order valence-corrected chi connectivity index (χ3v) is 3.49. The van der Waals surface area contributed by atoms with E-state index in [9.17, 15) is 0 Å². The van der Waals surface area contributed by atoms with Crippen LogP contribution in [-0.2, 0) is 0 Å². The second kappa shape index (κ2) is 5.92. The highest BCUT2D eigenvalue weighted by atomic mass is 15.4. The predicted octanol–water partition coefficient (Wildman–Crippen LogP) is 1.14. The Balaban J connectivity index is 2.15. The number of nitrogens with zero attached hydrogens (tertiary/aromatic N) is 4. The summed E-state index contributed by atoms with van der Waals surface area (Å²) >= 11 is 0. The number of nitrogen functional groups attached to an aromatic ring is 2. The van der Waals surface area contributed by atoms with Gasteiger partial charge in [-0.2, -0.15) is 9.67 Å². The highest BCUT2D eigenvalue weighted by Gasteiger charge is 2.11. The molecule has 0 aliphatic heterocycles. The van der Waals surface area contributed by atoms with Crippen LogP contribution in [0.2, 0.25) is 0 Å². The van der Waals surface area contributed by atoms with Gasteiger partial charge in [-0.05, 0) is 38.7 Å². The maximum absolute atomic E-state index is 8.17. The van der Waals surface area contributed by atoms with Crippen molar-refractivity contribution in [2.75, 3.05) is 25.6 Å². The monoisotopic (exact) mass is 287 g/mol. The predicted molar refractivity (Wildman–Crippen MR) is 84.8 cm³/mol. The smallest absolute Gasteiger partial charge is 0.241 e. The zero-order chi connectivity index (χ0) is 15.6. The van der Waals surface area contributed by atoms with E-state index in [2.05, 4.69) is 21.9 Å². The molecule has 1 aromatic heterocycles. The fraction of sp³-hybridized carbons (Fsp3) is 0.357. The van der Waals surface area contributed by atoms with Gasteiger partial charge in [-0.25, -0.2) is 0 Å². The summed E-state index contributed by atoms with van der Waals surface area (Å²) in [6.45, 7) is 2.10. The summed E-state index contributed by atoms with van der Waals surface area (Å²) in [5.41, 5.74) is 13.5. The van der Waals surface area contributed by atoms with E-state index in [0.717, 1.165) is 11.3 Å². The van der Waals surface area contributed by atoms with Gasteiger partial charge in [0.15, 0.2) is 0 Å². The molecule has 0 unspecified atom stereocenters. The molecule has 7 heteroatoms. The normalized spacial score (nSPS) is 12.6. The topological polar surface area (TPSA) is 110 Å². The zero-order valence-electron chi connectivity index (χ0n) is 12.5. The van der Waals surface area contributed by atoms with Gasteiger partial charge in [-0.15, -0.1) is 5.10 Å². The Morgan fingerprint density at radius 1 is 1.29 bits per heavy atom. The zero-order valence-corrected chi connectivity index (χ0v) is 12.5. The number of aromatic nitrogens is 3. The number of anilines is 2. The maximum atomic E-state index is 8.17. The lowest BCUT2D eigenvalue weighted by Gasteiger charge is -2.20. The van der Waals surface area contributed by atoms with E-state index in [1.165, 1.54) is 4.68 Å². The minimum atomic E-state index is 0.143. The molecule has 2 rings (SSSR count). The van der Waals surface area contributed by atoms with Crippen molar-refractivity contribution in [1.29, 1.82) is 5.41 Å². The molecule has 21 heavy (non-hydrogen) atoms. The summed E-state index contributed by atoms with van der Waals surface area (Å²) in [4.78, 5) is 5.96. The molecular weight excluding hydrogens is 266 g/mol. The van der Waals surface area contributed by atoms with Crippen molar-refractivity contribution < 1.29 is 0 Å². The summed E-state index contributed by atoms with van der Waals surface area (Å²) < 4.78 is 1.48. The molecule has 2 aromatic rings. The van der Waals surface area contributed by atoms with Crippen molar-refractivity contribution in [3.8, 4) is 5.69 Å². The largest absolute Gasteiger partial charge is 0.368 e. The fourth-order valence-corrected chi connectivity index (χ4v) is 1.93. The van der Waals surface area contributed by atoms with Crippen LogP contribution < -0.4 is 11.5 Å². The van der Waals surface area contributed by atoms with Crippen LogP contribution in [0.5, 0.6) is 0 Å². The van der Waals surface area contributed by atoms with Crippen molar-refractivity contribution in [3.05, 3.63) is 29.8 Å². The van der Waals surface area contributed by atoms with Crippen LogP contribution in [0.1, 0.15) is 18.9 Å². The van der Waals surface area contributed by atoms with Crippen molar-refractivity contribution in [2.45, 2.75) is 19.4 Å². The molecule has 1 heterocycles. The first-order valence-corrected chi connectivity index (χ1v) is 6.71. The minimum Gasteiger partial charge on any atom is -0.368 e. The average Bonchev–Trinajstić information content (AvgIpc) is 2.77. The van der Waals surface area contributed by atoms with Crippen LogP contribution in [0.3, 0.4) is 0 Å². The summed E-state index contributed by atoms with van der Waals surface area (Å²) in [6, 6.07) is 7.81. The second-order valence-corrected chi connectivity index (χ2v) is 5.28. The molecule has 0 radical (unpaired) electrons. The number of hydrogen-bond acceptors (Lipinski definition) is 6. The first kappa shape index (κ1) is 15.0. The Morgan fingerprint density at radius 3 is 2.38 bits per heavy atom. The summed E-state index contributed by atoms with van der Waals surface area (Å²) in [5.74, 6) is 0.390. The maximum Gasteiger partial charge on any atom is 0.241 e.